The summed E-state index contributed by atoms with van der Waals surface area (Å²) in [5.41, 5.74) is 4.14. The van der Waals surface area contributed by atoms with Crippen LogP contribution in [0.1, 0.15) is 41.7 Å². The van der Waals surface area contributed by atoms with Gasteiger partial charge in [0.05, 0.1) is 12.0 Å². The molecule has 6 heteroatoms. The van der Waals surface area contributed by atoms with Crippen LogP contribution in [0.4, 0.5) is 0 Å². The summed E-state index contributed by atoms with van der Waals surface area (Å²) in [6, 6.07) is 11.5. The standard InChI is InChI=1S/C24H25N3O3/c1-15-14-21-20(10-13-30-21)22(25-15)16-2-4-17(5-3-16)23(28)26-19-8-11-27(12-9-19)24(29)18-6-7-18/h2-5,10,13-14,18-19H,6-9,11-12H2,1H3,(H,26,28). The molecule has 1 aliphatic heterocycles. The van der Waals surface area contributed by atoms with Crippen LogP contribution < -0.4 is 5.32 Å². The number of hydrogen-bond donors (Lipinski definition) is 1. The minimum absolute atomic E-state index is 0.0702. The summed E-state index contributed by atoms with van der Waals surface area (Å²) in [5, 5.41) is 4.09. The number of likely N-dealkylation sites (tertiary alicyclic amines) is 1. The van der Waals surface area contributed by atoms with Crippen LogP contribution in [0, 0.1) is 12.8 Å². The SMILES string of the molecule is Cc1cc2occc2c(-c2ccc(C(=O)NC3CCN(C(=O)C4CC4)CC3)cc2)n1. The Balaban J connectivity index is 1.24. The number of nitrogens with one attached hydrogen (secondary N) is 1. The largest absolute Gasteiger partial charge is 0.464 e. The van der Waals surface area contributed by atoms with E-state index in [0.717, 1.165) is 66.7 Å². The van der Waals surface area contributed by atoms with Crippen LogP contribution in [0.15, 0.2) is 47.1 Å². The zero-order valence-electron chi connectivity index (χ0n) is 17.1. The Kier molecular flexibility index (Phi) is 4.77. The molecule has 154 valence electrons. The van der Waals surface area contributed by atoms with Gasteiger partial charge in [-0.1, -0.05) is 12.1 Å². The number of pyridine rings is 1. The Morgan fingerprint density at radius 2 is 1.80 bits per heavy atom. The zero-order valence-corrected chi connectivity index (χ0v) is 17.1. The molecule has 1 saturated carbocycles. The van der Waals surface area contributed by atoms with Gasteiger partial charge in [-0.05, 0) is 50.8 Å². The van der Waals surface area contributed by atoms with Crippen molar-refractivity contribution in [1.82, 2.24) is 15.2 Å². The number of aromatic nitrogens is 1. The number of carbonyl (C=O) groups is 2. The second-order valence-corrected chi connectivity index (χ2v) is 8.37. The Labute approximate surface area is 175 Å². The highest BCUT2D eigenvalue weighted by Gasteiger charge is 2.35. The molecule has 30 heavy (non-hydrogen) atoms. The molecule has 0 unspecified atom stereocenters. The predicted molar refractivity (Wildman–Crippen MR) is 114 cm³/mol. The van der Waals surface area contributed by atoms with Crippen molar-refractivity contribution in [3.8, 4) is 11.3 Å². The van der Waals surface area contributed by atoms with Gasteiger partial charge in [0.15, 0.2) is 0 Å². The molecule has 0 radical (unpaired) electrons. The number of amides is 2. The first kappa shape index (κ1) is 18.9. The summed E-state index contributed by atoms with van der Waals surface area (Å²) >= 11 is 0. The molecule has 1 aromatic carbocycles. The van der Waals surface area contributed by atoms with Gasteiger partial charge in [0, 0.05) is 53.3 Å². The fourth-order valence-electron chi connectivity index (χ4n) is 4.19. The van der Waals surface area contributed by atoms with Gasteiger partial charge >= 0.3 is 0 Å². The van der Waals surface area contributed by atoms with Crippen LogP contribution in [0.3, 0.4) is 0 Å². The summed E-state index contributed by atoms with van der Waals surface area (Å²) in [6.45, 7) is 3.41. The van der Waals surface area contributed by atoms with E-state index in [2.05, 4.69) is 10.3 Å². The molecule has 2 aliphatic rings. The number of rotatable bonds is 4. The van der Waals surface area contributed by atoms with Crippen molar-refractivity contribution >= 4 is 22.8 Å². The average Bonchev–Trinajstić information content (AvgIpc) is 3.51. The third-order valence-corrected chi connectivity index (χ3v) is 6.07. The normalized spacial score (nSPS) is 17.3. The number of hydrogen-bond acceptors (Lipinski definition) is 4. The molecule has 5 rings (SSSR count). The van der Waals surface area contributed by atoms with Crippen molar-refractivity contribution in [2.45, 2.75) is 38.6 Å². The van der Waals surface area contributed by atoms with Crippen LogP contribution >= 0.6 is 0 Å². The van der Waals surface area contributed by atoms with Crippen LogP contribution in [-0.4, -0.2) is 40.8 Å². The topological polar surface area (TPSA) is 75.4 Å². The van der Waals surface area contributed by atoms with Crippen LogP contribution in [0.5, 0.6) is 0 Å². The summed E-state index contributed by atoms with van der Waals surface area (Å²) in [5.74, 6) is 0.492. The lowest BCUT2D eigenvalue weighted by atomic mass is 10.0. The van der Waals surface area contributed by atoms with Gasteiger partial charge in [-0.25, -0.2) is 0 Å². The van der Waals surface area contributed by atoms with Gasteiger partial charge < -0.3 is 14.6 Å². The van der Waals surface area contributed by atoms with Crippen molar-refractivity contribution < 1.29 is 14.0 Å². The molecule has 3 aromatic rings. The van der Waals surface area contributed by atoms with E-state index in [1.165, 1.54) is 0 Å². The quantitative estimate of drug-likeness (QED) is 0.716. The third kappa shape index (κ3) is 3.70. The molecule has 0 spiro atoms. The fraction of sp³-hybridized carbons (Fsp3) is 0.375. The molecule has 2 aromatic heterocycles. The average molecular weight is 403 g/mol. The van der Waals surface area contributed by atoms with Crippen molar-refractivity contribution in [3.63, 3.8) is 0 Å². The van der Waals surface area contributed by atoms with E-state index < -0.39 is 0 Å². The summed E-state index contributed by atoms with van der Waals surface area (Å²) in [4.78, 5) is 31.5. The van der Waals surface area contributed by atoms with Crippen LogP contribution in [0.25, 0.3) is 22.2 Å². The molecule has 0 atom stereocenters. The Morgan fingerprint density at radius 3 is 2.50 bits per heavy atom. The maximum atomic E-state index is 12.7. The highest BCUT2D eigenvalue weighted by atomic mass is 16.3. The van der Waals surface area contributed by atoms with E-state index in [-0.39, 0.29) is 17.9 Å². The second-order valence-electron chi connectivity index (χ2n) is 8.37. The van der Waals surface area contributed by atoms with E-state index in [9.17, 15) is 9.59 Å². The third-order valence-electron chi connectivity index (χ3n) is 6.07. The number of piperidine rings is 1. The molecule has 1 saturated heterocycles. The number of carbonyl (C=O) groups excluding carboxylic acids is 2. The minimum atomic E-state index is -0.0702. The van der Waals surface area contributed by atoms with Crippen molar-refractivity contribution in [1.29, 1.82) is 0 Å². The number of nitrogens with zero attached hydrogens (tertiary/aromatic N) is 2. The lowest BCUT2D eigenvalue weighted by Gasteiger charge is -2.32. The first-order valence-electron chi connectivity index (χ1n) is 10.6. The number of fused-ring (bicyclic) bond motifs is 1. The Morgan fingerprint density at radius 1 is 1.07 bits per heavy atom. The second kappa shape index (κ2) is 7.59. The summed E-state index contributed by atoms with van der Waals surface area (Å²) in [6.07, 6.45) is 5.37. The van der Waals surface area contributed by atoms with E-state index in [1.54, 1.807) is 6.26 Å². The maximum Gasteiger partial charge on any atom is 0.251 e. The highest BCUT2D eigenvalue weighted by Crippen LogP contribution is 2.32. The molecule has 1 aliphatic carbocycles. The first-order chi connectivity index (χ1) is 14.6. The van der Waals surface area contributed by atoms with E-state index in [1.807, 2.05) is 48.2 Å². The lowest BCUT2D eigenvalue weighted by molar-refractivity contribution is -0.133. The van der Waals surface area contributed by atoms with Gasteiger partial charge in [0.1, 0.15) is 5.58 Å². The van der Waals surface area contributed by atoms with Crippen LogP contribution in [-0.2, 0) is 4.79 Å². The number of furan rings is 1. The highest BCUT2D eigenvalue weighted by molar-refractivity contribution is 5.96. The van der Waals surface area contributed by atoms with Crippen LogP contribution in [0.2, 0.25) is 0 Å². The van der Waals surface area contributed by atoms with Gasteiger partial charge in [0.2, 0.25) is 5.91 Å². The molecule has 2 fully saturated rings. The molecule has 3 heterocycles. The van der Waals surface area contributed by atoms with Gasteiger partial charge in [-0.3, -0.25) is 14.6 Å². The fourth-order valence-corrected chi connectivity index (χ4v) is 4.19. The van der Waals surface area contributed by atoms with Crippen molar-refractivity contribution in [2.75, 3.05) is 13.1 Å². The molecule has 6 nitrogen and oxygen atoms in total. The molecule has 0 bridgehead atoms. The zero-order chi connectivity index (χ0) is 20.7. The van der Waals surface area contributed by atoms with Gasteiger partial charge in [-0.15, -0.1) is 0 Å². The number of aryl methyl sites for hydroxylation is 1. The van der Waals surface area contributed by atoms with E-state index in [0.29, 0.717) is 11.5 Å². The summed E-state index contributed by atoms with van der Waals surface area (Å²) < 4.78 is 5.52. The van der Waals surface area contributed by atoms with E-state index >= 15 is 0 Å². The van der Waals surface area contributed by atoms with Gasteiger partial charge in [-0.2, -0.15) is 0 Å². The first-order valence-corrected chi connectivity index (χ1v) is 10.6. The molecule has 1 N–H and O–H groups in total. The smallest absolute Gasteiger partial charge is 0.251 e. The van der Waals surface area contributed by atoms with E-state index in [4.69, 9.17) is 4.42 Å². The van der Waals surface area contributed by atoms with Crippen molar-refractivity contribution in [2.24, 2.45) is 5.92 Å². The number of benzene rings is 1. The minimum Gasteiger partial charge on any atom is -0.464 e. The maximum absolute atomic E-state index is 12.7. The van der Waals surface area contributed by atoms with Crippen molar-refractivity contribution in [3.05, 3.63) is 53.9 Å². The monoisotopic (exact) mass is 403 g/mol. The predicted octanol–water partition coefficient (Wildman–Crippen LogP) is 3.93. The summed E-state index contributed by atoms with van der Waals surface area (Å²) in [7, 11) is 0. The molecular formula is C24H25N3O3. The lowest BCUT2D eigenvalue weighted by Crippen LogP contribution is -2.47. The molecule has 2 amide bonds. The molecular weight excluding hydrogens is 378 g/mol. The Hall–Kier alpha value is -3.15. The Bertz CT molecular complexity index is 1090. The van der Waals surface area contributed by atoms with Gasteiger partial charge in [0.25, 0.3) is 5.91 Å².